The fourth-order valence-corrected chi connectivity index (χ4v) is 2.65. The molecule has 1 aromatic carbocycles. The summed E-state index contributed by atoms with van der Waals surface area (Å²) in [6.45, 7) is 3.78. The van der Waals surface area contributed by atoms with Gasteiger partial charge >= 0.3 is 0 Å². The van der Waals surface area contributed by atoms with E-state index in [4.69, 9.17) is 27.9 Å². The third kappa shape index (κ3) is 4.39. The molecular formula is C17H18Cl2N2O. The normalized spacial score (nSPS) is 11.8. The Balaban J connectivity index is 2.22. The van der Waals surface area contributed by atoms with E-state index in [0.29, 0.717) is 10.2 Å². The van der Waals surface area contributed by atoms with Crippen LogP contribution in [-0.4, -0.2) is 12.1 Å². The molecule has 2 aromatic rings. The van der Waals surface area contributed by atoms with Crippen LogP contribution in [0.25, 0.3) is 0 Å². The second-order valence-corrected chi connectivity index (χ2v) is 5.61. The van der Waals surface area contributed by atoms with Crippen molar-refractivity contribution >= 4 is 28.9 Å². The van der Waals surface area contributed by atoms with E-state index in [2.05, 4.69) is 16.9 Å². The van der Waals surface area contributed by atoms with Crippen molar-refractivity contribution in [3.8, 4) is 5.75 Å². The minimum Gasteiger partial charge on any atom is -0.497 e. The molecule has 0 radical (unpaired) electrons. The molecule has 0 unspecified atom stereocenters. The van der Waals surface area contributed by atoms with Crippen LogP contribution in [0.3, 0.4) is 0 Å². The molecule has 0 fully saturated rings. The summed E-state index contributed by atoms with van der Waals surface area (Å²) in [4.78, 5) is 4.13. The van der Waals surface area contributed by atoms with Crippen LogP contribution in [0.15, 0.2) is 49.2 Å². The maximum atomic E-state index is 6.31. The third-order valence-corrected chi connectivity index (χ3v) is 3.85. The molecule has 1 aromatic heterocycles. The number of nitrogens with zero attached hydrogens (tertiary/aromatic N) is 1. The van der Waals surface area contributed by atoms with Gasteiger partial charge in [-0.2, -0.15) is 0 Å². The van der Waals surface area contributed by atoms with E-state index < -0.39 is 0 Å². The van der Waals surface area contributed by atoms with Crippen LogP contribution >= 0.6 is 23.2 Å². The Kier molecular flexibility index (Phi) is 6.10. The van der Waals surface area contributed by atoms with Crippen LogP contribution in [0, 0.1) is 0 Å². The molecule has 1 heterocycles. The Bertz CT molecular complexity index is 629. The van der Waals surface area contributed by atoms with Crippen molar-refractivity contribution in [1.82, 2.24) is 4.98 Å². The number of halogens is 2. The fourth-order valence-electron chi connectivity index (χ4n) is 2.15. The Morgan fingerprint density at radius 3 is 2.64 bits per heavy atom. The number of aromatic nitrogens is 1. The summed E-state index contributed by atoms with van der Waals surface area (Å²) in [5, 5.41) is 4.47. The predicted octanol–water partition coefficient (Wildman–Crippen LogP) is 5.52. The van der Waals surface area contributed by atoms with Gasteiger partial charge in [-0.25, -0.2) is 4.98 Å². The number of methoxy groups -OCH3 is 1. The van der Waals surface area contributed by atoms with Crippen LogP contribution in [0.1, 0.15) is 24.4 Å². The van der Waals surface area contributed by atoms with E-state index in [1.807, 2.05) is 30.3 Å². The molecule has 116 valence electrons. The van der Waals surface area contributed by atoms with Crippen LogP contribution < -0.4 is 10.1 Å². The van der Waals surface area contributed by atoms with E-state index >= 15 is 0 Å². The Labute approximate surface area is 140 Å². The maximum absolute atomic E-state index is 6.31. The first-order valence-corrected chi connectivity index (χ1v) is 7.72. The average Bonchev–Trinajstić information content (AvgIpc) is 2.52. The van der Waals surface area contributed by atoms with E-state index in [1.54, 1.807) is 19.4 Å². The van der Waals surface area contributed by atoms with Gasteiger partial charge in [0.1, 0.15) is 10.9 Å². The lowest BCUT2D eigenvalue weighted by molar-refractivity contribution is 0.415. The van der Waals surface area contributed by atoms with Gasteiger partial charge in [-0.15, -0.1) is 6.58 Å². The van der Waals surface area contributed by atoms with Crippen molar-refractivity contribution in [2.24, 2.45) is 0 Å². The molecular weight excluding hydrogens is 319 g/mol. The summed E-state index contributed by atoms with van der Waals surface area (Å²) in [5.41, 5.74) is 1.91. The molecule has 1 N–H and O–H groups in total. The zero-order valence-corrected chi connectivity index (χ0v) is 13.9. The van der Waals surface area contributed by atoms with E-state index in [0.717, 1.165) is 29.8 Å². The lowest BCUT2D eigenvalue weighted by Crippen LogP contribution is -2.11. The highest BCUT2D eigenvalue weighted by Crippen LogP contribution is 2.31. The summed E-state index contributed by atoms with van der Waals surface area (Å²) in [6, 6.07) is 9.45. The topological polar surface area (TPSA) is 34.1 Å². The van der Waals surface area contributed by atoms with Gasteiger partial charge in [-0.05, 0) is 43.2 Å². The van der Waals surface area contributed by atoms with Gasteiger partial charge in [0.25, 0.3) is 0 Å². The number of hydrogen-bond acceptors (Lipinski definition) is 3. The summed E-state index contributed by atoms with van der Waals surface area (Å²) in [7, 11) is 1.65. The SMILES string of the molecule is C=CCC[C@@H](Nc1ccc(OC)cc1)c1cnc(Cl)cc1Cl. The molecule has 0 aliphatic heterocycles. The molecule has 1 atom stereocenters. The lowest BCUT2D eigenvalue weighted by atomic mass is 10.0. The predicted molar refractivity (Wildman–Crippen MR) is 93.0 cm³/mol. The van der Waals surface area contributed by atoms with Gasteiger partial charge in [-0.3, -0.25) is 0 Å². The molecule has 22 heavy (non-hydrogen) atoms. The van der Waals surface area contributed by atoms with Crippen LogP contribution in [-0.2, 0) is 0 Å². The molecule has 3 nitrogen and oxygen atoms in total. The van der Waals surface area contributed by atoms with Crippen molar-refractivity contribution in [3.05, 3.63) is 64.9 Å². The van der Waals surface area contributed by atoms with Crippen LogP contribution in [0.4, 0.5) is 5.69 Å². The summed E-state index contributed by atoms with van der Waals surface area (Å²) >= 11 is 12.2. The number of benzene rings is 1. The zero-order chi connectivity index (χ0) is 15.9. The van der Waals surface area contributed by atoms with Crippen LogP contribution in [0.5, 0.6) is 5.75 Å². The van der Waals surface area contributed by atoms with E-state index in [-0.39, 0.29) is 6.04 Å². The Hall–Kier alpha value is -1.71. The minimum absolute atomic E-state index is 0.0312. The molecule has 2 rings (SSSR count). The molecule has 0 aliphatic carbocycles. The highest BCUT2D eigenvalue weighted by atomic mass is 35.5. The number of nitrogens with one attached hydrogen (secondary N) is 1. The summed E-state index contributed by atoms with van der Waals surface area (Å²) in [6.07, 6.45) is 5.33. The van der Waals surface area contributed by atoms with Crippen molar-refractivity contribution in [2.45, 2.75) is 18.9 Å². The standard InChI is InChI=1S/C17H18Cl2N2O/c1-3-4-5-16(14-11-20-17(19)10-15(14)18)21-12-6-8-13(22-2)9-7-12/h3,6-11,16,21H,1,4-5H2,2H3/t16-/m1/s1. The van der Waals surface area contributed by atoms with Gasteiger partial charge < -0.3 is 10.1 Å². The zero-order valence-electron chi connectivity index (χ0n) is 12.4. The highest BCUT2D eigenvalue weighted by molar-refractivity contribution is 6.34. The van der Waals surface area contributed by atoms with Gasteiger partial charge in [0.05, 0.1) is 18.2 Å². The number of rotatable bonds is 7. The highest BCUT2D eigenvalue weighted by Gasteiger charge is 2.15. The van der Waals surface area contributed by atoms with Gasteiger partial charge in [0.2, 0.25) is 0 Å². The monoisotopic (exact) mass is 336 g/mol. The molecule has 5 heteroatoms. The largest absolute Gasteiger partial charge is 0.497 e. The second kappa shape index (κ2) is 8.06. The second-order valence-electron chi connectivity index (χ2n) is 4.82. The first-order chi connectivity index (χ1) is 10.6. The maximum Gasteiger partial charge on any atom is 0.130 e. The quantitative estimate of drug-likeness (QED) is 0.534. The smallest absolute Gasteiger partial charge is 0.130 e. The van der Waals surface area contributed by atoms with Crippen molar-refractivity contribution in [1.29, 1.82) is 0 Å². The van der Waals surface area contributed by atoms with Crippen molar-refractivity contribution in [3.63, 3.8) is 0 Å². The number of anilines is 1. The lowest BCUT2D eigenvalue weighted by Gasteiger charge is -2.21. The number of hydrogen-bond donors (Lipinski definition) is 1. The van der Waals surface area contributed by atoms with Crippen LogP contribution in [0.2, 0.25) is 10.2 Å². The molecule has 0 saturated heterocycles. The molecule has 0 aliphatic rings. The third-order valence-electron chi connectivity index (χ3n) is 3.31. The first-order valence-electron chi connectivity index (χ1n) is 6.96. The van der Waals surface area contributed by atoms with Gasteiger partial charge in [0, 0.05) is 17.4 Å². The molecule has 0 bridgehead atoms. The average molecular weight is 337 g/mol. The summed E-state index contributed by atoms with van der Waals surface area (Å²) < 4.78 is 5.17. The van der Waals surface area contributed by atoms with Crippen molar-refractivity contribution < 1.29 is 4.74 Å². The van der Waals surface area contributed by atoms with Gasteiger partial charge in [0.15, 0.2) is 0 Å². The Morgan fingerprint density at radius 1 is 1.32 bits per heavy atom. The molecule has 0 saturated carbocycles. The first kappa shape index (κ1) is 16.7. The summed E-state index contributed by atoms with van der Waals surface area (Å²) in [5.74, 6) is 0.819. The molecule has 0 amide bonds. The number of pyridine rings is 1. The van der Waals surface area contributed by atoms with E-state index in [1.165, 1.54) is 0 Å². The molecule has 0 spiro atoms. The number of ether oxygens (including phenoxy) is 1. The fraction of sp³-hybridized carbons (Fsp3) is 0.235. The van der Waals surface area contributed by atoms with E-state index in [9.17, 15) is 0 Å². The Morgan fingerprint density at radius 2 is 2.05 bits per heavy atom. The van der Waals surface area contributed by atoms with Gasteiger partial charge in [-0.1, -0.05) is 29.3 Å². The minimum atomic E-state index is 0.0312. The number of allylic oxidation sites excluding steroid dienone is 1. The van der Waals surface area contributed by atoms with Crippen molar-refractivity contribution in [2.75, 3.05) is 12.4 Å².